The molecular formula is C10H22MgO2. The molecule has 0 fully saturated rings. The van der Waals surface area contributed by atoms with E-state index in [0.717, 1.165) is 19.1 Å². The van der Waals surface area contributed by atoms with Crippen molar-refractivity contribution >= 4 is 21.2 Å². The van der Waals surface area contributed by atoms with Crippen LogP contribution in [-0.2, 0) is 6.34 Å². The molecule has 0 N–H and O–H groups in total. The molecule has 1 atom stereocenters. The third-order valence-corrected chi connectivity index (χ3v) is 3.24. The van der Waals surface area contributed by atoms with E-state index < -0.39 is 21.2 Å². The van der Waals surface area contributed by atoms with Gasteiger partial charge >= 0.3 is 21.2 Å². The van der Waals surface area contributed by atoms with Crippen molar-refractivity contribution in [2.75, 3.05) is 13.2 Å². The van der Waals surface area contributed by atoms with Crippen LogP contribution in [0.3, 0.4) is 0 Å². The molecule has 0 aromatic rings. The molecule has 3 heteroatoms. The van der Waals surface area contributed by atoms with Gasteiger partial charge in [-0.15, -0.1) is 0 Å². The molecule has 0 radical (unpaired) electrons. The maximum absolute atomic E-state index is 5.54. The lowest BCUT2D eigenvalue weighted by molar-refractivity contribution is 0.187. The second-order valence-electron chi connectivity index (χ2n) is 3.40. The first kappa shape index (κ1) is 13.7. The Hall–Kier alpha value is 0.686. The number of hydrogen-bond donors (Lipinski definition) is 0. The van der Waals surface area contributed by atoms with E-state index in [1.54, 1.807) is 0 Å². The van der Waals surface area contributed by atoms with Gasteiger partial charge in [0.2, 0.25) is 0 Å². The molecular weight excluding hydrogens is 176 g/mol. The average Bonchev–Trinajstić information content (AvgIpc) is 2.17. The lowest BCUT2D eigenvalue weighted by atomic mass is 10.0. The minimum absolute atomic E-state index is 0.664. The van der Waals surface area contributed by atoms with Crippen LogP contribution in [0.4, 0.5) is 0 Å². The predicted octanol–water partition coefficient (Wildman–Crippen LogP) is 2.79. The molecule has 0 amide bonds. The fourth-order valence-corrected chi connectivity index (χ4v) is 1.97. The monoisotopic (exact) mass is 198 g/mol. The molecule has 0 aliphatic rings. The fourth-order valence-electron chi connectivity index (χ4n) is 1.26. The first-order valence-electron chi connectivity index (χ1n) is 5.50. The van der Waals surface area contributed by atoms with Crippen molar-refractivity contribution in [1.82, 2.24) is 0 Å². The van der Waals surface area contributed by atoms with Crippen molar-refractivity contribution < 1.29 is 6.34 Å². The molecule has 0 heterocycles. The minimum atomic E-state index is -0.664. The molecule has 0 aliphatic carbocycles. The summed E-state index contributed by atoms with van der Waals surface area (Å²) in [5.74, 6) is 0.757. The third-order valence-electron chi connectivity index (χ3n) is 2.27. The fraction of sp³-hybridized carbons (Fsp3) is 1.00. The van der Waals surface area contributed by atoms with Gasteiger partial charge in [-0.2, -0.15) is 0 Å². The summed E-state index contributed by atoms with van der Waals surface area (Å²) in [5, 5.41) is 0. The molecule has 76 valence electrons. The summed E-state index contributed by atoms with van der Waals surface area (Å²) < 4.78 is 10.8. The quantitative estimate of drug-likeness (QED) is 0.419. The molecule has 0 saturated heterocycles. The van der Waals surface area contributed by atoms with Crippen LogP contribution < -0.4 is 0 Å². The second kappa shape index (κ2) is 10.8. The highest BCUT2D eigenvalue weighted by atomic mass is 24.5. The summed E-state index contributed by atoms with van der Waals surface area (Å²) in [6.07, 6.45) is 5.17. The van der Waals surface area contributed by atoms with E-state index in [1.165, 1.54) is 25.7 Å². The molecule has 0 aliphatic heterocycles. The van der Waals surface area contributed by atoms with Gasteiger partial charge in [-0.1, -0.05) is 33.1 Å². The second-order valence-corrected chi connectivity index (χ2v) is 4.45. The first-order chi connectivity index (χ1) is 6.35. The Labute approximate surface area is 93.1 Å². The van der Waals surface area contributed by atoms with Crippen molar-refractivity contribution in [2.24, 2.45) is 5.92 Å². The first-order valence-corrected chi connectivity index (χ1v) is 6.66. The Morgan fingerprint density at radius 2 is 1.92 bits per heavy atom. The van der Waals surface area contributed by atoms with E-state index in [9.17, 15) is 0 Å². The van der Waals surface area contributed by atoms with Gasteiger partial charge in [0, 0.05) is 13.2 Å². The van der Waals surface area contributed by atoms with Crippen LogP contribution in [0, 0.1) is 5.92 Å². The van der Waals surface area contributed by atoms with Crippen LogP contribution in [0.15, 0.2) is 0 Å². The van der Waals surface area contributed by atoms with Gasteiger partial charge in [-0.05, 0) is 19.3 Å². The summed E-state index contributed by atoms with van der Waals surface area (Å²) in [6, 6.07) is 0. The topological polar surface area (TPSA) is 18.5 Å². The lowest BCUT2D eigenvalue weighted by Crippen LogP contribution is -2.13. The van der Waals surface area contributed by atoms with Gasteiger partial charge in [0.15, 0.2) is 0 Å². The van der Waals surface area contributed by atoms with Crippen LogP contribution in [0.2, 0.25) is 0 Å². The zero-order valence-electron chi connectivity index (χ0n) is 9.34. The summed E-state index contributed by atoms with van der Waals surface area (Å²) in [5.41, 5.74) is 0. The van der Waals surface area contributed by atoms with Crippen LogP contribution in [0.5, 0.6) is 0 Å². The summed E-state index contributed by atoms with van der Waals surface area (Å²) >= 11 is -0.664. The van der Waals surface area contributed by atoms with Gasteiger partial charge in [0.05, 0.1) is 0 Å². The van der Waals surface area contributed by atoms with Crippen molar-refractivity contribution in [3.05, 3.63) is 0 Å². The van der Waals surface area contributed by atoms with E-state index in [-0.39, 0.29) is 0 Å². The van der Waals surface area contributed by atoms with Crippen LogP contribution in [0.25, 0.3) is 0 Å². The SMILES string of the molecule is CCCCC(CC)C[O][Mg][O]CC. The molecule has 0 aromatic heterocycles. The lowest BCUT2D eigenvalue weighted by Gasteiger charge is -2.15. The maximum Gasteiger partial charge on any atom is 0.793 e. The zero-order valence-corrected chi connectivity index (χ0v) is 10.8. The Kier molecular flexibility index (Phi) is 11.3. The highest BCUT2D eigenvalue weighted by Crippen LogP contribution is 2.12. The van der Waals surface area contributed by atoms with Crippen LogP contribution >= 0.6 is 0 Å². The molecule has 0 aromatic carbocycles. The average molecular weight is 199 g/mol. The largest absolute Gasteiger partial charge is 0.793 e. The van der Waals surface area contributed by atoms with Gasteiger partial charge in [-0.3, -0.25) is 0 Å². The van der Waals surface area contributed by atoms with Crippen molar-refractivity contribution in [3.8, 4) is 0 Å². The number of rotatable bonds is 9. The Morgan fingerprint density at radius 1 is 1.15 bits per heavy atom. The maximum atomic E-state index is 5.54. The smallest absolute Gasteiger partial charge is 0.533 e. The Bertz CT molecular complexity index is 98.9. The molecule has 1 unspecified atom stereocenters. The molecule has 0 saturated carbocycles. The van der Waals surface area contributed by atoms with E-state index in [4.69, 9.17) is 6.34 Å². The van der Waals surface area contributed by atoms with Crippen LogP contribution in [0.1, 0.15) is 46.5 Å². The molecule has 0 rings (SSSR count). The zero-order chi connectivity index (χ0) is 9.94. The molecule has 0 spiro atoms. The van der Waals surface area contributed by atoms with E-state index in [0.29, 0.717) is 0 Å². The van der Waals surface area contributed by atoms with E-state index >= 15 is 0 Å². The van der Waals surface area contributed by atoms with E-state index in [2.05, 4.69) is 13.8 Å². The van der Waals surface area contributed by atoms with Gasteiger partial charge in [-0.25, -0.2) is 0 Å². The molecule has 2 nitrogen and oxygen atoms in total. The predicted molar refractivity (Wildman–Crippen MR) is 56.6 cm³/mol. The van der Waals surface area contributed by atoms with Crippen molar-refractivity contribution in [2.45, 2.75) is 46.5 Å². The summed E-state index contributed by atoms with van der Waals surface area (Å²) in [7, 11) is 0. The van der Waals surface area contributed by atoms with Gasteiger partial charge in [0.25, 0.3) is 0 Å². The number of unbranched alkanes of at least 4 members (excludes halogenated alkanes) is 1. The van der Waals surface area contributed by atoms with Crippen LogP contribution in [-0.4, -0.2) is 34.4 Å². The van der Waals surface area contributed by atoms with Crippen molar-refractivity contribution in [3.63, 3.8) is 0 Å². The molecule has 13 heavy (non-hydrogen) atoms. The molecule has 0 bridgehead atoms. The van der Waals surface area contributed by atoms with Crippen molar-refractivity contribution in [1.29, 1.82) is 0 Å². The van der Waals surface area contributed by atoms with Gasteiger partial charge < -0.3 is 6.34 Å². The van der Waals surface area contributed by atoms with Gasteiger partial charge in [0.1, 0.15) is 0 Å². The summed E-state index contributed by atoms with van der Waals surface area (Å²) in [6.45, 7) is 8.22. The Balaban J connectivity index is 3.25. The van der Waals surface area contributed by atoms with E-state index in [1.807, 2.05) is 6.92 Å². The highest BCUT2D eigenvalue weighted by Gasteiger charge is 2.07. The summed E-state index contributed by atoms with van der Waals surface area (Å²) in [4.78, 5) is 0. The number of hydrogen-bond acceptors (Lipinski definition) is 2. The Morgan fingerprint density at radius 3 is 2.46 bits per heavy atom. The standard InChI is InChI=1S/C8H17O.C2H5O.Mg/c1-3-5-6-8(4-2)7-9;1-2-3;/h8H,3-7H2,1-2H3;2H2,1H3;/q2*-1;+2. The third kappa shape index (κ3) is 9.00. The highest BCUT2D eigenvalue weighted by molar-refractivity contribution is 6.17. The normalized spacial score (nSPS) is 12.5. The minimum Gasteiger partial charge on any atom is -0.533 e.